The maximum absolute atomic E-state index is 12.2. The van der Waals surface area contributed by atoms with Crippen molar-refractivity contribution in [3.63, 3.8) is 0 Å². The minimum atomic E-state index is -1.10. The van der Waals surface area contributed by atoms with Crippen LogP contribution in [0.5, 0.6) is 0 Å². The van der Waals surface area contributed by atoms with Gasteiger partial charge in [-0.05, 0) is 24.3 Å². The number of hydrogen-bond donors (Lipinski definition) is 2. The Balaban J connectivity index is 2.08. The molecule has 1 aromatic rings. The number of methoxy groups -OCH3 is 2. The highest BCUT2D eigenvalue weighted by Gasteiger charge is 2.21. The lowest BCUT2D eigenvalue weighted by molar-refractivity contribution is -0.115. The number of carboxylic acids is 1. The molecule has 6 nitrogen and oxygen atoms in total. The summed E-state index contributed by atoms with van der Waals surface area (Å²) in [6, 6.07) is 4.68. The van der Waals surface area contributed by atoms with Gasteiger partial charge in [0.1, 0.15) is 11.9 Å². The molecule has 0 fully saturated rings. The van der Waals surface area contributed by atoms with Crippen LogP contribution in [0.25, 0.3) is 0 Å². The second-order valence-corrected chi connectivity index (χ2v) is 6.16. The van der Waals surface area contributed by atoms with E-state index in [1.165, 1.54) is 6.07 Å². The van der Waals surface area contributed by atoms with Gasteiger partial charge in [0.2, 0.25) is 5.91 Å². The van der Waals surface area contributed by atoms with Crippen LogP contribution in [0.4, 0.5) is 5.69 Å². The van der Waals surface area contributed by atoms with Gasteiger partial charge in [-0.1, -0.05) is 27.6 Å². The molecule has 0 radical (unpaired) electrons. The summed E-state index contributed by atoms with van der Waals surface area (Å²) in [7, 11) is 3.16. The largest absolute Gasteiger partial charge is 0.498 e. The van der Waals surface area contributed by atoms with Gasteiger partial charge in [0.15, 0.2) is 0 Å². The van der Waals surface area contributed by atoms with E-state index in [9.17, 15) is 14.7 Å². The molecule has 1 aliphatic rings. The molecule has 7 heteroatoms. The molecule has 128 valence electrons. The lowest BCUT2D eigenvalue weighted by Gasteiger charge is -2.22. The molecule has 1 aromatic carbocycles. The Bertz CT molecular complexity index is 711. The highest BCUT2D eigenvalue weighted by atomic mass is 79.9. The summed E-state index contributed by atoms with van der Waals surface area (Å²) in [6.45, 7) is 0. The first kappa shape index (κ1) is 18.2. The predicted octanol–water partition coefficient (Wildman–Crippen LogP) is 3.35. The number of hydrogen-bond acceptors (Lipinski definition) is 4. The molecule has 0 spiro atoms. The first-order chi connectivity index (χ1) is 11.4. The number of ether oxygens (including phenoxy) is 2. The van der Waals surface area contributed by atoms with Gasteiger partial charge in [-0.2, -0.15) is 0 Å². The molecule has 2 N–H and O–H groups in total. The first-order valence-corrected chi connectivity index (χ1v) is 8.03. The molecule has 24 heavy (non-hydrogen) atoms. The summed E-state index contributed by atoms with van der Waals surface area (Å²) in [5.74, 6) is -0.673. The maximum Gasteiger partial charge on any atom is 0.337 e. The van der Waals surface area contributed by atoms with Gasteiger partial charge in [0.25, 0.3) is 0 Å². The predicted molar refractivity (Wildman–Crippen MR) is 92.9 cm³/mol. The standard InChI is InChI=1S/C17H18BrNO5/c1-23-14-6-3-10(7-15(14)24-2)8-16(20)19-13-5-4-11(18)9-12(13)17(21)22/h3-6,9,15H,7-8H2,1-2H3,(H,19,20)(H,21,22). The average molecular weight is 396 g/mol. The molecule has 0 heterocycles. The first-order valence-electron chi connectivity index (χ1n) is 7.23. The highest BCUT2D eigenvalue weighted by molar-refractivity contribution is 9.10. The fourth-order valence-corrected chi connectivity index (χ4v) is 2.81. The summed E-state index contributed by atoms with van der Waals surface area (Å²) in [6.07, 6.45) is 4.10. The number of amides is 1. The zero-order valence-electron chi connectivity index (χ0n) is 13.3. The normalized spacial score (nSPS) is 16.9. The molecule has 0 aromatic heterocycles. The fraction of sp³-hybridized carbons (Fsp3) is 0.294. The van der Waals surface area contributed by atoms with Crippen molar-refractivity contribution in [2.45, 2.75) is 18.9 Å². The number of aromatic carboxylic acids is 1. The van der Waals surface area contributed by atoms with Crippen LogP contribution in [0.1, 0.15) is 23.2 Å². The number of halogens is 1. The van der Waals surface area contributed by atoms with Crippen molar-refractivity contribution in [3.05, 3.63) is 51.7 Å². The van der Waals surface area contributed by atoms with Crippen molar-refractivity contribution in [2.75, 3.05) is 19.5 Å². The van der Waals surface area contributed by atoms with Crippen LogP contribution in [0.3, 0.4) is 0 Å². The Morgan fingerprint density at radius 2 is 2.08 bits per heavy atom. The van der Waals surface area contributed by atoms with Crippen molar-refractivity contribution in [2.24, 2.45) is 0 Å². The molecular formula is C17H18BrNO5. The van der Waals surface area contributed by atoms with E-state index in [4.69, 9.17) is 9.47 Å². The van der Waals surface area contributed by atoms with Gasteiger partial charge in [0.05, 0.1) is 18.4 Å². The van der Waals surface area contributed by atoms with Gasteiger partial charge in [-0.3, -0.25) is 4.79 Å². The van der Waals surface area contributed by atoms with Crippen LogP contribution in [0.15, 0.2) is 46.2 Å². The topological polar surface area (TPSA) is 84.9 Å². The van der Waals surface area contributed by atoms with E-state index >= 15 is 0 Å². The number of allylic oxidation sites excluding steroid dienone is 2. The second kappa shape index (κ2) is 8.12. The zero-order valence-corrected chi connectivity index (χ0v) is 14.9. The average Bonchev–Trinajstić information content (AvgIpc) is 2.56. The molecule has 1 aliphatic carbocycles. The lowest BCUT2D eigenvalue weighted by Crippen LogP contribution is -2.21. The number of rotatable bonds is 6. The molecule has 1 amide bonds. The number of anilines is 1. The van der Waals surface area contributed by atoms with Crippen molar-refractivity contribution in [3.8, 4) is 0 Å². The summed E-state index contributed by atoms with van der Waals surface area (Å²) in [4.78, 5) is 23.5. The number of carboxylic acid groups (broad SMARTS) is 1. The van der Waals surface area contributed by atoms with E-state index in [1.54, 1.807) is 32.4 Å². The Hall–Kier alpha value is -2.12. The maximum atomic E-state index is 12.2. The summed E-state index contributed by atoms with van der Waals surface area (Å²) >= 11 is 3.22. The fourth-order valence-electron chi connectivity index (χ4n) is 2.45. The molecule has 1 unspecified atom stereocenters. The molecule has 0 saturated heterocycles. The Kier molecular flexibility index (Phi) is 6.16. The third kappa shape index (κ3) is 4.46. The lowest BCUT2D eigenvalue weighted by atomic mass is 9.98. The number of carbonyl (C=O) groups is 2. The van der Waals surface area contributed by atoms with Crippen LogP contribution in [-0.2, 0) is 14.3 Å². The SMILES string of the molecule is COC1=CC=C(CC(=O)Nc2ccc(Br)cc2C(=O)O)CC1OC. The van der Waals surface area contributed by atoms with Crippen LogP contribution in [0.2, 0.25) is 0 Å². The van der Waals surface area contributed by atoms with Crippen LogP contribution in [0, 0.1) is 0 Å². The molecule has 0 saturated carbocycles. The van der Waals surface area contributed by atoms with Gasteiger partial charge in [-0.25, -0.2) is 4.79 Å². The summed E-state index contributed by atoms with van der Waals surface area (Å²) in [5.41, 5.74) is 1.18. The van der Waals surface area contributed by atoms with Gasteiger partial charge in [-0.15, -0.1) is 0 Å². The van der Waals surface area contributed by atoms with Gasteiger partial charge >= 0.3 is 5.97 Å². The third-order valence-corrected chi connectivity index (χ3v) is 4.14. The van der Waals surface area contributed by atoms with Gasteiger partial charge < -0.3 is 19.9 Å². The quantitative estimate of drug-likeness (QED) is 0.771. The third-order valence-electron chi connectivity index (χ3n) is 3.64. The monoisotopic (exact) mass is 395 g/mol. The molecular weight excluding hydrogens is 378 g/mol. The van der Waals surface area contributed by atoms with Crippen molar-refractivity contribution in [1.29, 1.82) is 0 Å². The van der Waals surface area contributed by atoms with E-state index < -0.39 is 5.97 Å². The van der Waals surface area contributed by atoms with Crippen LogP contribution >= 0.6 is 15.9 Å². The minimum absolute atomic E-state index is 0.0340. The number of carbonyl (C=O) groups excluding carboxylic acids is 1. The van der Waals surface area contributed by atoms with E-state index in [2.05, 4.69) is 21.2 Å². The number of nitrogens with one attached hydrogen (secondary N) is 1. The molecule has 0 aliphatic heterocycles. The molecule has 2 rings (SSSR count). The number of benzene rings is 1. The van der Waals surface area contributed by atoms with Crippen LogP contribution < -0.4 is 5.32 Å². The highest BCUT2D eigenvalue weighted by Crippen LogP contribution is 2.25. The van der Waals surface area contributed by atoms with E-state index in [0.717, 1.165) is 5.57 Å². The van der Waals surface area contributed by atoms with Gasteiger partial charge in [0, 0.05) is 24.4 Å². The minimum Gasteiger partial charge on any atom is -0.498 e. The Morgan fingerprint density at radius 3 is 2.71 bits per heavy atom. The van der Waals surface area contributed by atoms with Crippen LogP contribution in [-0.4, -0.2) is 37.3 Å². The second-order valence-electron chi connectivity index (χ2n) is 5.25. The summed E-state index contributed by atoms with van der Waals surface area (Å²) in [5, 5.41) is 11.9. The Labute approximate surface area is 148 Å². The molecule has 0 bridgehead atoms. The van der Waals surface area contributed by atoms with E-state index in [1.807, 2.05) is 6.08 Å². The smallest absolute Gasteiger partial charge is 0.337 e. The van der Waals surface area contributed by atoms with Crippen molar-refractivity contribution < 1.29 is 24.2 Å². The van der Waals surface area contributed by atoms with E-state index in [0.29, 0.717) is 16.7 Å². The van der Waals surface area contributed by atoms with Crippen molar-refractivity contribution in [1.82, 2.24) is 0 Å². The molecule has 1 atom stereocenters. The summed E-state index contributed by atoms with van der Waals surface area (Å²) < 4.78 is 11.2. The zero-order chi connectivity index (χ0) is 17.7. The van der Waals surface area contributed by atoms with Crippen molar-refractivity contribution >= 4 is 33.5 Å². The Morgan fingerprint density at radius 1 is 1.33 bits per heavy atom. The van der Waals surface area contributed by atoms with E-state index in [-0.39, 0.29) is 29.7 Å².